The van der Waals surface area contributed by atoms with Gasteiger partial charge in [-0.25, -0.2) is 14.4 Å². The number of fused-ring (bicyclic) bond motifs is 1. The second kappa shape index (κ2) is 9.06. The van der Waals surface area contributed by atoms with E-state index in [1.165, 1.54) is 11.6 Å². The Balaban J connectivity index is 1.45. The molecule has 1 atom stereocenters. The van der Waals surface area contributed by atoms with Crippen LogP contribution in [0.1, 0.15) is 43.3 Å². The molecule has 0 saturated carbocycles. The van der Waals surface area contributed by atoms with Crippen molar-refractivity contribution in [2.45, 2.75) is 46.3 Å². The minimum atomic E-state index is -0.216. The third kappa shape index (κ3) is 4.60. The second-order valence-electron chi connectivity index (χ2n) is 8.68. The fourth-order valence-corrected chi connectivity index (χ4v) is 4.00. The topological polar surface area (TPSA) is 54.2 Å². The zero-order chi connectivity index (χ0) is 23.7. The van der Waals surface area contributed by atoms with Crippen LogP contribution in [0, 0.1) is 12.7 Å². The molecule has 0 spiro atoms. The monoisotopic (exact) mass is 443 g/mol. The van der Waals surface area contributed by atoms with Crippen LogP contribution < -0.4 is 10.6 Å². The van der Waals surface area contributed by atoms with E-state index in [-0.39, 0.29) is 11.9 Å². The standard InChI is InChI=1S/C27H30FN5/c1-16(2)26-10-9-24(32-27-15-30-20(6)33(26)27)19(5)29-13-21-7-8-23(28)22(12-21)14-31-25-11-17(3)18(25)4/h7-10,12,15,26,29,31H,1,3,5,11,13-14H2,2,4,6H3. The first kappa shape index (κ1) is 22.5. The first-order valence-corrected chi connectivity index (χ1v) is 11.0. The van der Waals surface area contributed by atoms with Crippen molar-refractivity contribution in [2.24, 2.45) is 4.99 Å². The van der Waals surface area contributed by atoms with Crippen molar-refractivity contribution in [3.63, 3.8) is 0 Å². The number of hydrogen-bond donors (Lipinski definition) is 2. The quantitative estimate of drug-likeness (QED) is 0.513. The van der Waals surface area contributed by atoms with E-state index in [2.05, 4.69) is 46.0 Å². The smallest absolute Gasteiger partial charge is 0.154 e. The Morgan fingerprint density at radius 2 is 2.03 bits per heavy atom. The van der Waals surface area contributed by atoms with Gasteiger partial charge in [-0.2, -0.15) is 0 Å². The van der Waals surface area contributed by atoms with Crippen LogP contribution in [0.5, 0.6) is 0 Å². The molecule has 1 aliphatic carbocycles. The van der Waals surface area contributed by atoms with Gasteiger partial charge in [0.25, 0.3) is 0 Å². The molecule has 0 saturated heterocycles. The fourth-order valence-electron chi connectivity index (χ4n) is 4.00. The first-order valence-electron chi connectivity index (χ1n) is 11.0. The highest BCUT2D eigenvalue weighted by Crippen LogP contribution is 2.31. The summed E-state index contributed by atoms with van der Waals surface area (Å²) in [7, 11) is 0. The van der Waals surface area contributed by atoms with Crippen molar-refractivity contribution >= 4 is 11.5 Å². The van der Waals surface area contributed by atoms with E-state index < -0.39 is 0 Å². The average molecular weight is 444 g/mol. The minimum absolute atomic E-state index is 0.00436. The lowest BCUT2D eigenvalue weighted by Gasteiger charge is -2.25. The van der Waals surface area contributed by atoms with Crippen LogP contribution in [0.15, 0.2) is 89.4 Å². The van der Waals surface area contributed by atoms with Gasteiger partial charge in [0.1, 0.15) is 11.6 Å². The highest BCUT2D eigenvalue weighted by Gasteiger charge is 2.20. The van der Waals surface area contributed by atoms with Crippen molar-refractivity contribution in [3.8, 4) is 0 Å². The molecule has 1 aromatic heterocycles. The Morgan fingerprint density at radius 1 is 1.24 bits per heavy atom. The molecule has 1 aliphatic heterocycles. The normalized spacial score (nSPS) is 17.2. The Bertz CT molecular complexity index is 1240. The van der Waals surface area contributed by atoms with Crippen LogP contribution in [0.2, 0.25) is 0 Å². The minimum Gasteiger partial charge on any atom is -0.384 e. The zero-order valence-electron chi connectivity index (χ0n) is 19.5. The average Bonchev–Trinajstić information content (AvgIpc) is 3.03. The van der Waals surface area contributed by atoms with E-state index in [1.807, 2.05) is 32.9 Å². The van der Waals surface area contributed by atoms with Crippen LogP contribution in [-0.2, 0) is 13.1 Å². The number of nitrogens with zero attached hydrogens (tertiary/aromatic N) is 3. The molecule has 0 bridgehead atoms. The van der Waals surface area contributed by atoms with Gasteiger partial charge in [-0.05, 0) is 55.7 Å². The maximum Gasteiger partial charge on any atom is 0.154 e. The molecule has 1 aromatic carbocycles. The second-order valence-corrected chi connectivity index (χ2v) is 8.68. The predicted octanol–water partition coefficient (Wildman–Crippen LogP) is 5.72. The van der Waals surface area contributed by atoms with Crippen molar-refractivity contribution < 1.29 is 4.39 Å². The molecular formula is C27H30FN5. The van der Waals surface area contributed by atoms with Gasteiger partial charge < -0.3 is 15.2 Å². The molecule has 6 heteroatoms. The summed E-state index contributed by atoms with van der Waals surface area (Å²) in [6.07, 6.45) is 6.63. The molecule has 4 rings (SSSR count). The van der Waals surface area contributed by atoms with Crippen LogP contribution >= 0.6 is 0 Å². The van der Waals surface area contributed by atoms with Gasteiger partial charge in [-0.3, -0.25) is 0 Å². The number of aryl methyl sites for hydroxylation is 1. The van der Waals surface area contributed by atoms with Crippen LogP contribution in [0.4, 0.5) is 10.2 Å². The Hall–Kier alpha value is -3.67. The largest absolute Gasteiger partial charge is 0.384 e. The molecule has 5 nitrogen and oxygen atoms in total. The number of benzene rings is 1. The molecule has 170 valence electrons. The maximum absolute atomic E-state index is 14.3. The highest BCUT2D eigenvalue weighted by molar-refractivity contribution is 6.09. The van der Waals surface area contributed by atoms with Crippen LogP contribution in [0.25, 0.3) is 0 Å². The number of aromatic nitrogens is 2. The number of hydrogen-bond acceptors (Lipinski definition) is 4. The third-order valence-corrected chi connectivity index (χ3v) is 6.21. The maximum atomic E-state index is 14.3. The van der Waals surface area contributed by atoms with Gasteiger partial charge in [0.2, 0.25) is 0 Å². The molecule has 0 fully saturated rings. The number of rotatable bonds is 8. The fraction of sp³-hybridized carbons (Fsp3) is 0.259. The molecule has 1 unspecified atom stereocenters. The molecular weight excluding hydrogens is 413 g/mol. The van der Waals surface area contributed by atoms with Gasteiger partial charge >= 0.3 is 0 Å². The van der Waals surface area contributed by atoms with Gasteiger partial charge in [-0.1, -0.05) is 37.5 Å². The predicted molar refractivity (Wildman–Crippen MR) is 133 cm³/mol. The summed E-state index contributed by atoms with van der Waals surface area (Å²) in [6, 6.07) is 5.18. The molecule has 0 amide bonds. The van der Waals surface area contributed by atoms with E-state index in [0.29, 0.717) is 24.4 Å². The molecule has 33 heavy (non-hydrogen) atoms. The Labute approximate surface area is 194 Å². The van der Waals surface area contributed by atoms with Crippen molar-refractivity contribution in [2.75, 3.05) is 0 Å². The Kier molecular flexibility index (Phi) is 6.18. The summed E-state index contributed by atoms with van der Waals surface area (Å²) in [4.78, 5) is 9.17. The van der Waals surface area contributed by atoms with Gasteiger partial charge in [0.05, 0.1) is 23.6 Å². The highest BCUT2D eigenvalue weighted by atomic mass is 19.1. The first-order chi connectivity index (χ1) is 15.7. The summed E-state index contributed by atoms with van der Waals surface area (Å²) in [5, 5.41) is 6.66. The van der Waals surface area contributed by atoms with E-state index >= 15 is 0 Å². The van der Waals surface area contributed by atoms with E-state index in [9.17, 15) is 4.39 Å². The van der Waals surface area contributed by atoms with E-state index in [0.717, 1.165) is 46.2 Å². The number of halogens is 1. The summed E-state index contributed by atoms with van der Waals surface area (Å²) < 4.78 is 16.4. The van der Waals surface area contributed by atoms with Crippen molar-refractivity contribution in [1.82, 2.24) is 20.2 Å². The third-order valence-electron chi connectivity index (χ3n) is 6.21. The number of nitrogens with one attached hydrogen (secondary N) is 2. The molecule has 2 aromatic rings. The van der Waals surface area contributed by atoms with Gasteiger partial charge in [0.15, 0.2) is 5.82 Å². The Morgan fingerprint density at radius 3 is 2.73 bits per heavy atom. The molecule has 0 radical (unpaired) electrons. The number of aliphatic imine (C=N–C) groups is 1. The summed E-state index contributed by atoms with van der Waals surface area (Å²) >= 11 is 0. The lowest BCUT2D eigenvalue weighted by atomic mass is 9.90. The van der Waals surface area contributed by atoms with E-state index in [4.69, 9.17) is 4.99 Å². The lowest BCUT2D eigenvalue weighted by molar-refractivity contribution is 0.595. The molecule has 2 aliphatic rings. The van der Waals surface area contributed by atoms with Crippen LogP contribution in [0.3, 0.4) is 0 Å². The zero-order valence-corrected chi connectivity index (χ0v) is 19.5. The summed E-state index contributed by atoms with van der Waals surface area (Å²) in [6.45, 7) is 19.2. The van der Waals surface area contributed by atoms with Crippen molar-refractivity contribution in [3.05, 3.63) is 107 Å². The van der Waals surface area contributed by atoms with E-state index in [1.54, 1.807) is 12.3 Å². The molecule has 2 heterocycles. The SMILES string of the molecule is C=C1CC(NCc2cc(CNC(=C)C3=Nc4cnc(C)n4C(C(=C)C)C=C3)ccc2F)=C1C. The summed E-state index contributed by atoms with van der Waals surface area (Å²) in [5.74, 6) is 1.43. The van der Waals surface area contributed by atoms with Gasteiger partial charge in [0, 0.05) is 30.8 Å². The number of imidazole rings is 1. The number of allylic oxidation sites excluding steroid dienone is 5. The van der Waals surface area contributed by atoms with Crippen LogP contribution in [-0.4, -0.2) is 15.3 Å². The van der Waals surface area contributed by atoms with Crippen molar-refractivity contribution in [1.29, 1.82) is 0 Å². The lowest BCUT2D eigenvalue weighted by Crippen LogP contribution is -2.22. The van der Waals surface area contributed by atoms with Gasteiger partial charge in [-0.15, -0.1) is 0 Å². The summed E-state index contributed by atoms with van der Waals surface area (Å²) in [5.41, 5.74) is 7.48. The molecule has 2 N–H and O–H groups in total.